The molecular formula is C49H98NO8P. The maximum atomic E-state index is 12.7. The van der Waals surface area contributed by atoms with Gasteiger partial charge in [0, 0.05) is 12.8 Å². The van der Waals surface area contributed by atoms with Gasteiger partial charge in [0.15, 0.2) is 6.10 Å². The molecule has 10 heteroatoms. The van der Waals surface area contributed by atoms with Crippen LogP contribution in [0.2, 0.25) is 0 Å². The lowest BCUT2D eigenvalue weighted by atomic mass is 10.0. The minimum atomic E-state index is -4.62. The summed E-state index contributed by atoms with van der Waals surface area (Å²) in [5, 5.41) is 0. The first-order valence-electron chi connectivity index (χ1n) is 25.2. The van der Waals surface area contributed by atoms with Crippen LogP contribution in [0, 0.1) is 0 Å². The van der Waals surface area contributed by atoms with Crippen molar-refractivity contribution in [3.05, 3.63) is 0 Å². The molecule has 0 saturated carbocycles. The van der Waals surface area contributed by atoms with Crippen LogP contribution in [-0.4, -0.2) is 70.0 Å². The monoisotopic (exact) mass is 860 g/mol. The van der Waals surface area contributed by atoms with Crippen molar-refractivity contribution in [3.63, 3.8) is 0 Å². The van der Waals surface area contributed by atoms with Crippen molar-refractivity contribution < 1.29 is 42.1 Å². The van der Waals surface area contributed by atoms with E-state index in [-0.39, 0.29) is 32.0 Å². The molecule has 0 radical (unpaired) electrons. The highest BCUT2D eigenvalue weighted by molar-refractivity contribution is 7.45. The summed E-state index contributed by atoms with van der Waals surface area (Å²) < 4.78 is 34.0. The molecule has 0 N–H and O–H groups in total. The number of carbonyl (C=O) groups excluding carboxylic acids is 2. The first-order valence-corrected chi connectivity index (χ1v) is 26.7. The number of rotatable bonds is 47. The molecule has 0 aromatic rings. The topological polar surface area (TPSA) is 111 Å². The number of unbranched alkanes of at least 4 members (excludes halogenated alkanes) is 33. The van der Waals surface area contributed by atoms with Crippen LogP contribution in [-0.2, 0) is 32.7 Å². The molecule has 0 aromatic heterocycles. The molecule has 0 aliphatic heterocycles. The Kier molecular flexibility index (Phi) is 41.6. The first-order chi connectivity index (χ1) is 28.5. The maximum absolute atomic E-state index is 12.7. The van der Waals surface area contributed by atoms with E-state index in [1.807, 2.05) is 21.1 Å². The number of ether oxygens (including phenoxy) is 2. The van der Waals surface area contributed by atoms with Crippen molar-refractivity contribution in [3.8, 4) is 0 Å². The van der Waals surface area contributed by atoms with E-state index in [0.717, 1.165) is 32.1 Å². The molecule has 59 heavy (non-hydrogen) atoms. The van der Waals surface area contributed by atoms with E-state index >= 15 is 0 Å². The number of hydrogen-bond acceptors (Lipinski definition) is 8. The van der Waals surface area contributed by atoms with Crippen LogP contribution in [0.3, 0.4) is 0 Å². The van der Waals surface area contributed by atoms with Gasteiger partial charge in [-0.15, -0.1) is 0 Å². The second-order valence-electron chi connectivity index (χ2n) is 18.6. The molecular weight excluding hydrogens is 762 g/mol. The number of likely N-dealkylation sites (N-methyl/N-ethyl adjacent to an activating group) is 1. The molecule has 2 atom stereocenters. The lowest BCUT2D eigenvalue weighted by Crippen LogP contribution is -2.37. The average Bonchev–Trinajstić information content (AvgIpc) is 3.19. The molecule has 0 heterocycles. The molecule has 9 nitrogen and oxygen atoms in total. The van der Waals surface area contributed by atoms with Gasteiger partial charge in [-0.3, -0.25) is 14.2 Å². The zero-order valence-corrected chi connectivity index (χ0v) is 40.6. The minimum Gasteiger partial charge on any atom is -0.756 e. The fraction of sp³-hybridized carbons (Fsp3) is 0.959. The number of esters is 2. The maximum Gasteiger partial charge on any atom is 0.306 e. The number of phosphoric ester groups is 1. The zero-order chi connectivity index (χ0) is 43.6. The molecule has 0 aromatic carbocycles. The van der Waals surface area contributed by atoms with Crippen LogP contribution in [0.25, 0.3) is 0 Å². The van der Waals surface area contributed by atoms with Crippen LogP contribution in [0.5, 0.6) is 0 Å². The van der Waals surface area contributed by atoms with Gasteiger partial charge < -0.3 is 27.9 Å². The Hall–Kier alpha value is -0.990. The van der Waals surface area contributed by atoms with E-state index in [0.29, 0.717) is 17.4 Å². The standard InChI is InChI=1S/C49H98NO8P/c1-6-8-10-12-14-16-18-20-22-24-25-26-28-30-32-34-36-38-40-42-49(52)58-47(46-57-59(53,54)56-44-43-50(3,4)5)45-55-48(51)41-39-37-35-33-31-29-27-23-21-19-17-15-13-11-9-7-2/h47H,6-46H2,1-5H3/t47-/m1/s1. The van der Waals surface area contributed by atoms with Gasteiger partial charge in [0.2, 0.25) is 0 Å². The zero-order valence-electron chi connectivity index (χ0n) is 39.7. The highest BCUT2D eigenvalue weighted by atomic mass is 31.2. The van der Waals surface area contributed by atoms with Crippen molar-refractivity contribution in [2.75, 3.05) is 47.5 Å². The molecule has 352 valence electrons. The Bertz CT molecular complexity index is 974. The second-order valence-corrected chi connectivity index (χ2v) is 20.0. The van der Waals surface area contributed by atoms with Crippen molar-refractivity contribution in [1.82, 2.24) is 0 Å². The molecule has 0 fully saturated rings. The molecule has 0 saturated heterocycles. The molecule has 1 unspecified atom stereocenters. The third-order valence-corrected chi connectivity index (χ3v) is 12.3. The Balaban J connectivity index is 4.21. The Labute approximate surface area is 365 Å². The van der Waals surface area contributed by atoms with Crippen molar-refractivity contribution >= 4 is 19.8 Å². The number of nitrogens with zero attached hydrogens (tertiary/aromatic N) is 1. The van der Waals surface area contributed by atoms with E-state index in [1.165, 1.54) is 186 Å². The van der Waals surface area contributed by atoms with Gasteiger partial charge in [-0.25, -0.2) is 0 Å². The Morgan fingerprint density at radius 2 is 0.763 bits per heavy atom. The summed E-state index contributed by atoms with van der Waals surface area (Å²) in [6.45, 7) is 4.29. The summed E-state index contributed by atoms with van der Waals surface area (Å²) >= 11 is 0. The molecule has 0 amide bonds. The van der Waals surface area contributed by atoms with Crippen LogP contribution in [0.1, 0.15) is 251 Å². The van der Waals surface area contributed by atoms with Crippen molar-refractivity contribution in [1.29, 1.82) is 0 Å². The first kappa shape index (κ1) is 58.0. The minimum absolute atomic E-state index is 0.0254. The van der Waals surface area contributed by atoms with Gasteiger partial charge in [0.05, 0.1) is 27.7 Å². The fourth-order valence-electron chi connectivity index (χ4n) is 7.42. The normalized spacial score (nSPS) is 13.4. The quantitative estimate of drug-likeness (QED) is 0.0257. The predicted molar refractivity (Wildman–Crippen MR) is 245 cm³/mol. The number of hydrogen-bond donors (Lipinski definition) is 0. The summed E-state index contributed by atoms with van der Waals surface area (Å²) in [7, 11) is 1.19. The summed E-state index contributed by atoms with van der Waals surface area (Å²) in [6.07, 6.45) is 44.1. The van der Waals surface area contributed by atoms with E-state index in [4.69, 9.17) is 18.5 Å². The summed E-state index contributed by atoms with van der Waals surface area (Å²) in [4.78, 5) is 37.7. The van der Waals surface area contributed by atoms with Crippen LogP contribution in [0.15, 0.2) is 0 Å². The summed E-state index contributed by atoms with van der Waals surface area (Å²) in [5.74, 6) is -0.814. The third-order valence-electron chi connectivity index (χ3n) is 11.4. The summed E-state index contributed by atoms with van der Waals surface area (Å²) in [5.41, 5.74) is 0. The fourth-order valence-corrected chi connectivity index (χ4v) is 8.15. The van der Waals surface area contributed by atoms with Gasteiger partial charge in [-0.05, 0) is 12.8 Å². The van der Waals surface area contributed by atoms with E-state index in [2.05, 4.69) is 13.8 Å². The number of phosphoric acid groups is 1. The third kappa shape index (κ3) is 46.3. The predicted octanol–water partition coefficient (Wildman–Crippen LogP) is 14.1. The lowest BCUT2D eigenvalue weighted by Gasteiger charge is -2.28. The van der Waals surface area contributed by atoms with Gasteiger partial charge in [0.25, 0.3) is 7.82 Å². The van der Waals surface area contributed by atoms with Crippen LogP contribution < -0.4 is 4.89 Å². The van der Waals surface area contributed by atoms with Crippen LogP contribution >= 0.6 is 7.82 Å². The Morgan fingerprint density at radius 1 is 0.458 bits per heavy atom. The number of quaternary nitrogens is 1. The van der Waals surface area contributed by atoms with Crippen molar-refractivity contribution in [2.45, 2.75) is 258 Å². The smallest absolute Gasteiger partial charge is 0.306 e. The second kappa shape index (κ2) is 42.3. The summed E-state index contributed by atoms with van der Waals surface area (Å²) in [6, 6.07) is 0. The van der Waals surface area contributed by atoms with E-state index < -0.39 is 26.5 Å². The largest absolute Gasteiger partial charge is 0.756 e. The van der Waals surface area contributed by atoms with Crippen molar-refractivity contribution in [2.24, 2.45) is 0 Å². The van der Waals surface area contributed by atoms with Crippen LogP contribution in [0.4, 0.5) is 0 Å². The SMILES string of the molecule is CCCCCCCCCCCCCCCCCCCCCC(=O)O[C@H](COC(=O)CCCCCCCCCCCCCCCCCC)COP(=O)([O-])OCC[N+](C)(C)C. The molecule has 0 aliphatic rings. The molecule has 0 aliphatic carbocycles. The number of carbonyl (C=O) groups is 2. The molecule has 0 spiro atoms. The van der Waals surface area contributed by atoms with Gasteiger partial charge in [0.1, 0.15) is 19.8 Å². The molecule has 0 bridgehead atoms. The van der Waals surface area contributed by atoms with Gasteiger partial charge in [-0.1, -0.05) is 226 Å². The van der Waals surface area contributed by atoms with Gasteiger partial charge in [-0.2, -0.15) is 0 Å². The average molecular weight is 860 g/mol. The highest BCUT2D eigenvalue weighted by Crippen LogP contribution is 2.38. The molecule has 0 rings (SSSR count). The van der Waals surface area contributed by atoms with Gasteiger partial charge >= 0.3 is 11.9 Å². The Morgan fingerprint density at radius 3 is 1.08 bits per heavy atom. The lowest BCUT2D eigenvalue weighted by molar-refractivity contribution is -0.870. The van der Waals surface area contributed by atoms with E-state index in [9.17, 15) is 19.0 Å². The highest BCUT2D eigenvalue weighted by Gasteiger charge is 2.21. The van der Waals surface area contributed by atoms with E-state index in [1.54, 1.807) is 0 Å².